The molecule has 148 valence electrons. The van der Waals surface area contributed by atoms with Crippen LogP contribution in [0.1, 0.15) is 17.7 Å². The molecule has 0 bridgehead atoms. The smallest absolute Gasteiger partial charge is 0.398 e. The highest BCUT2D eigenvalue weighted by atomic mass is 35.5. The van der Waals surface area contributed by atoms with Gasteiger partial charge in [-0.15, -0.1) is 11.8 Å². The molecule has 2 aromatic rings. The lowest BCUT2D eigenvalue weighted by atomic mass is 10.2. The molecule has 1 N–H and O–H groups in total. The van der Waals surface area contributed by atoms with Crippen molar-refractivity contribution in [3.63, 3.8) is 0 Å². The van der Waals surface area contributed by atoms with E-state index in [1.54, 1.807) is 25.1 Å². The van der Waals surface area contributed by atoms with Crippen molar-refractivity contribution >= 4 is 29.2 Å². The number of nitrogens with zero attached hydrogens (tertiary/aromatic N) is 2. The van der Waals surface area contributed by atoms with Crippen LogP contribution < -0.4 is 10.1 Å². The number of anilines is 1. The summed E-state index contributed by atoms with van der Waals surface area (Å²) in [6, 6.07) is 4.73. The van der Waals surface area contributed by atoms with Gasteiger partial charge in [-0.25, -0.2) is 18.7 Å². The molecule has 4 nitrogen and oxygen atoms in total. The minimum atomic E-state index is -4.23. The van der Waals surface area contributed by atoms with Gasteiger partial charge in [0.15, 0.2) is 0 Å². The van der Waals surface area contributed by atoms with Crippen molar-refractivity contribution in [2.24, 2.45) is 0 Å². The maximum Gasteiger partial charge on any atom is 0.398 e. The Bertz CT molecular complexity index is 776. The quantitative estimate of drug-likeness (QED) is 0.341. The van der Waals surface area contributed by atoms with Crippen molar-refractivity contribution in [2.75, 3.05) is 24.2 Å². The highest BCUT2D eigenvalue weighted by molar-refractivity contribution is 7.99. The fraction of sp³-hybridized carbons (Fsp3) is 0.375. The SMILES string of the molecule is Cc1cc(SCC(F)(F)F)ccc1OCCNc1ncnc(C(F)F)c1Cl. The Labute approximate surface area is 161 Å². The van der Waals surface area contributed by atoms with Crippen LogP contribution >= 0.6 is 23.4 Å². The molecule has 0 spiro atoms. The molecule has 1 aromatic carbocycles. The van der Waals surface area contributed by atoms with E-state index in [4.69, 9.17) is 16.3 Å². The van der Waals surface area contributed by atoms with Gasteiger partial charge in [0.05, 0.1) is 12.3 Å². The molecule has 0 aliphatic rings. The summed E-state index contributed by atoms with van der Waals surface area (Å²) < 4.78 is 67.7. The lowest BCUT2D eigenvalue weighted by Gasteiger charge is -2.13. The largest absolute Gasteiger partial charge is 0.491 e. The van der Waals surface area contributed by atoms with Crippen LogP contribution in [0.4, 0.5) is 27.8 Å². The summed E-state index contributed by atoms with van der Waals surface area (Å²) in [7, 11) is 0. The fourth-order valence-corrected chi connectivity index (χ4v) is 3.03. The highest BCUT2D eigenvalue weighted by Crippen LogP contribution is 2.31. The Morgan fingerprint density at radius 2 is 2.00 bits per heavy atom. The summed E-state index contributed by atoms with van der Waals surface area (Å²) in [6.45, 7) is 2.11. The van der Waals surface area contributed by atoms with Crippen molar-refractivity contribution in [1.82, 2.24) is 9.97 Å². The first-order valence-corrected chi connectivity index (χ1v) is 8.99. The minimum absolute atomic E-state index is 0.0705. The third kappa shape index (κ3) is 6.69. The fourth-order valence-electron chi connectivity index (χ4n) is 2.03. The van der Waals surface area contributed by atoms with Crippen LogP contribution in [-0.2, 0) is 0 Å². The van der Waals surface area contributed by atoms with Gasteiger partial charge in [-0.1, -0.05) is 11.6 Å². The predicted octanol–water partition coefficient (Wildman–Crippen LogP) is 5.52. The van der Waals surface area contributed by atoms with E-state index in [0.717, 1.165) is 6.33 Å². The monoisotopic (exact) mass is 427 g/mol. The number of aryl methyl sites for hydroxylation is 1. The Morgan fingerprint density at radius 1 is 1.26 bits per heavy atom. The Morgan fingerprint density at radius 3 is 2.63 bits per heavy atom. The van der Waals surface area contributed by atoms with Crippen molar-refractivity contribution in [1.29, 1.82) is 0 Å². The van der Waals surface area contributed by atoms with E-state index in [0.29, 0.717) is 28.0 Å². The third-order valence-electron chi connectivity index (χ3n) is 3.22. The Hall–Kier alpha value is -1.81. The molecule has 1 heterocycles. The van der Waals surface area contributed by atoms with Crippen LogP contribution in [0.25, 0.3) is 0 Å². The predicted molar refractivity (Wildman–Crippen MR) is 93.9 cm³/mol. The van der Waals surface area contributed by atoms with Gasteiger partial charge < -0.3 is 10.1 Å². The number of ether oxygens (including phenoxy) is 1. The molecular weight excluding hydrogens is 413 g/mol. The van der Waals surface area contributed by atoms with Crippen molar-refractivity contribution in [3.8, 4) is 5.75 Å². The molecule has 0 aliphatic carbocycles. The number of benzene rings is 1. The van der Waals surface area contributed by atoms with Gasteiger partial charge in [0, 0.05) is 4.90 Å². The zero-order valence-corrected chi connectivity index (χ0v) is 15.6. The van der Waals surface area contributed by atoms with E-state index < -0.39 is 24.0 Å². The maximum absolute atomic E-state index is 12.7. The van der Waals surface area contributed by atoms with E-state index in [1.807, 2.05) is 0 Å². The van der Waals surface area contributed by atoms with Gasteiger partial charge in [0.25, 0.3) is 6.43 Å². The standard InChI is InChI=1S/C16H15ClF5N3OS/c1-9-6-10(27-7-16(20,21)22)2-3-11(9)26-5-4-23-15-12(17)13(14(18)19)24-8-25-15/h2-3,6,8,14H,4-5,7H2,1H3,(H,23,24,25). The summed E-state index contributed by atoms with van der Waals surface area (Å²) in [5.41, 5.74) is 0.125. The second-order valence-electron chi connectivity index (χ2n) is 5.33. The van der Waals surface area contributed by atoms with E-state index in [1.165, 1.54) is 0 Å². The zero-order chi connectivity index (χ0) is 20.0. The molecule has 11 heteroatoms. The van der Waals surface area contributed by atoms with Crippen molar-refractivity contribution < 1.29 is 26.7 Å². The molecule has 0 amide bonds. The van der Waals surface area contributed by atoms with Gasteiger partial charge in [-0.3, -0.25) is 0 Å². The van der Waals surface area contributed by atoms with E-state index in [9.17, 15) is 22.0 Å². The second-order valence-corrected chi connectivity index (χ2v) is 6.76. The van der Waals surface area contributed by atoms with Gasteiger partial charge in [0.1, 0.15) is 35.2 Å². The maximum atomic E-state index is 12.7. The lowest BCUT2D eigenvalue weighted by molar-refractivity contribution is -0.105. The number of aromatic nitrogens is 2. The molecule has 0 saturated carbocycles. The van der Waals surface area contributed by atoms with Gasteiger partial charge in [-0.05, 0) is 30.7 Å². The minimum Gasteiger partial charge on any atom is -0.491 e. The van der Waals surface area contributed by atoms with Crippen LogP contribution in [0.3, 0.4) is 0 Å². The molecule has 1 aromatic heterocycles. The Balaban J connectivity index is 1.86. The second kappa shape index (κ2) is 9.41. The van der Waals surface area contributed by atoms with E-state index in [2.05, 4.69) is 15.3 Å². The van der Waals surface area contributed by atoms with Crippen LogP contribution in [-0.4, -0.2) is 35.0 Å². The van der Waals surface area contributed by atoms with Gasteiger partial charge >= 0.3 is 6.18 Å². The summed E-state index contributed by atoms with van der Waals surface area (Å²) in [5, 5.41) is 2.52. The van der Waals surface area contributed by atoms with Crippen LogP contribution in [0.5, 0.6) is 5.75 Å². The molecule has 0 unspecified atom stereocenters. The summed E-state index contributed by atoms with van der Waals surface area (Å²) >= 11 is 6.51. The van der Waals surface area contributed by atoms with Crippen LogP contribution in [0.15, 0.2) is 29.4 Å². The summed E-state index contributed by atoms with van der Waals surface area (Å²) in [5.74, 6) is -0.381. The topological polar surface area (TPSA) is 47.0 Å². The number of rotatable bonds is 8. The number of halogens is 6. The van der Waals surface area contributed by atoms with Crippen molar-refractivity contribution in [3.05, 3.63) is 40.8 Å². The Kier molecular flexibility index (Phi) is 7.49. The van der Waals surface area contributed by atoms with E-state index >= 15 is 0 Å². The summed E-state index contributed by atoms with van der Waals surface area (Å²) in [6.07, 6.45) is -6.06. The molecule has 0 saturated heterocycles. The first-order valence-electron chi connectivity index (χ1n) is 7.63. The first kappa shape index (κ1) is 21.5. The zero-order valence-electron chi connectivity index (χ0n) is 14.0. The molecule has 0 radical (unpaired) electrons. The number of hydrogen-bond acceptors (Lipinski definition) is 5. The number of thioether (sulfide) groups is 1. The average molecular weight is 428 g/mol. The summed E-state index contributed by atoms with van der Waals surface area (Å²) in [4.78, 5) is 7.71. The number of hydrogen-bond donors (Lipinski definition) is 1. The first-order chi connectivity index (χ1) is 12.7. The van der Waals surface area contributed by atoms with Crippen LogP contribution in [0.2, 0.25) is 5.02 Å². The normalized spacial score (nSPS) is 11.7. The molecule has 0 fully saturated rings. The van der Waals surface area contributed by atoms with Gasteiger partial charge in [0.2, 0.25) is 0 Å². The third-order valence-corrected chi connectivity index (χ3v) is 4.66. The number of nitrogens with one attached hydrogen (secondary N) is 1. The van der Waals surface area contributed by atoms with Crippen LogP contribution in [0, 0.1) is 6.92 Å². The molecule has 2 rings (SSSR count). The number of alkyl halides is 5. The van der Waals surface area contributed by atoms with Gasteiger partial charge in [-0.2, -0.15) is 13.2 Å². The molecule has 27 heavy (non-hydrogen) atoms. The average Bonchev–Trinajstić information content (AvgIpc) is 2.58. The molecule has 0 aliphatic heterocycles. The lowest BCUT2D eigenvalue weighted by Crippen LogP contribution is -2.14. The van der Waals surface area contributed by atoms with E-state index in [-0.39, 0.29) is 24.0 Å². The molecule has 0 atom stereocenters. The van der Waals surface area contributed by atoms with Crippen molar-refractivity contribution in [2.45, 2.75) is 24.4 Å². The highest BCUT2D eigenvalue weighted by Gasteiger charge is 2.27. The molecular formula is C16H15ClF5N3OS.